The highest BCUT2D eigenvalue weighted by Gasteiger charge is 2.50. The van der Waals surface area contributed by atoms with Gasteiger partial charge in [-0.05, 0) is 21.8 Å². The standard InChI is InChI=1S/C21H30O3Si/c1-21(2,3)25(19-11-7-5-8-12-19,20-13-9-6-10-14-20)24-17-18(23-4)15-16-22/h5-14,18,22H,15-17H2,1-4H3. The van der Waals surface area contributed by atoms with E-state index in [0.717, 1.165) is 0 Å². The number of methoxy groups -OCH3 is 1. The van der Waals surface area contributed by atoms with Crippen molar-refractivity contribution in [3.63, 3.8) is 0 Å². The minimum atomic E-state index is -2.52. The van der Waals surface area contributed by atoms with Gasteiger partial charge in [-0.15, -0.1) is 0 Å². The van der Waals surface area contributed by atoms with E-state index in [-0.39, 0.29) is 17.7 Å². The van der Waals surface area contributed by atoms with Gasteiger partial charge in [0, 0.05) is 13.7 Å². The minimum Gasteiger partial charge on any atom is -0.405 e. The Hall–Kier alpha value is -1.46. The Morgan fingerprint density at radius 1 is 0.920 bits per heavy atom. The lowest BCUT2D eigenvalue weighted by Crippen LogP contribution is -2.67. The molecule has 0 aromatic heterocycles. The summed E-state index contributed by atoms with van der Waals surface area (Å²) in [6.07, 6.45) is 0.473. The van der Waals surface area contributed by atoms with Gasteiger partial charge >= 0.3 is 0 Å². The van der Waals surface area contributed by atoms with Gasteiger partial charge in [0.1, 0.15) is 0 Å². The van der Waals surface area contributed by atoms with Gasteiger partial charge in [-0.25, -0.2) is 0 Å². The van der Waals surface area contributed by atoms with Crippen molar-refractivity contribution in [2.24, 2.45) is 0 Å². The van der Waals surface area contributed by atoms with Crippen molar-refractivity contribution in [1.82, 2.24) is 0 Å². The van der Waals surface area contributed by atoms with E-state index in [2.05, 4.69) is 69.3 Å². The molecule has 0 fully saturated rings. The van der Waals surface area contributed by atoms with Crippen LogP contribution in [0.4, 0.5) is 0 Å². The molecule has 136 valence electrons. The van der Waals surface area contributed by atoms with Crippen LogP contribution < -0.4 is 10.4 Å². The minimum absolute atomic E-state index is 0.0484. The van der Waals surface area contributed by atoms with Crippen LogP contribution in [-0.4, -0.2) is 39.9 Å². The number of aliphatic hydroxyl groups excluding tert-OH is 1. The second kappa shape index (κ2) is 8.76. The summed E-state index contributed by atoms with van der Waals surface area (Å²) < 4.78 is 12.3. The Kier molecular flexibility index (Phi) is 6.96. The Morgan fingerprint density at radius 3 is 1.76 bits per heavy atom. The summed E-state index contributed by atoms with van der Waals surface area (Å²) in [6, 6.07) is 21.1. The summed E-state index contributed by atoms with van der Waals surface area (Å²) in [5, 5.41) is 11.7. The molecule has 0 heterocycles. The highest BCUT2D eigenvalue weighted by atomic mass is 28.4. The van der Waals surface area contributed by atoms with Crippen LogP contribution in [0.5, 0.6) is 0 Å². The van der Waals surface area contributed by atoms with E-state index in [1.54, 1.807) is 7.11 Å². The van der Waals surface area contributed by atoms with Crippen LogP contribution in [0.3, 0.4) is 0 Å². The van der Waals surface area contributed by atoms with E-state index in [4.69, 9.17) is 9.16 Å². The summed E-state index contributed by atoms with van der Waals surface area (Å²) in [6.45, 7) is 7.35. The zero-order valence-electron chi connectivity index (χ0n) is 15.7. The van der Waals surface area contributed by atoms with Crippen molar-refractivity contribution in [2.75, 3.05) is 20.3 Å². The topological polar surface area (TPSA) is 38.7 Å². The van der Waals surface area contributed by atoms with E-state index < -0.39 is 8.32 Å². The van der Waals surface area contributed by atoms with Gasteiger partial charge in [-0.3, -0.25) is 0 Å². The second-order valence-corrected chi connectivity index (χ2v) is 11.6. The summed E-state index contributed by atoms with van der Waals surface area (Å²) >= 11 is 0. The molecule has 0 spiro atoms. The molecular formula is C21H30O3Si. The third-order valence-electron chi connectivity index (χ3n) is 4.69. The molecule has 1 atom stereocenters. The van der Waals surface area contributed by atoms with Crippen molar-refractivity contribution < 1.29 is 14.3 Å². The average molecular weight is 359 g/mol. The van der Waals surface area contributed by atoms with Crippen molar-refractivity contribution >= 4 is 18.7 Å². The molecule has 0 radical (unpaired) electrons. The van der Waals surface area contributed by atoms with Crippen molar-refractivity contribution in [3.05, 3.63) is 60.7 Å². The average Bonchev–Trinajstić information content (AvgIpc) is 2.62. The fraction of sp³-hybridized carbons (Fsp3) is 0.429. The smallest absolute Gasteiger partial charge is 0.261 e. The normalized spacial score (nSPS) is 13.6. The largest absolute Gasteiger partial charge is 0.405 e. The molecule has 4 heteroatoms. The molecule has 0 saturated heterocycles. The molecule has 0 saturated carbocycles. The third-order valence-corrected chi connectivity index (χ3v) is 9.69. The second-order valence-electron chi connectivity index (χ2n) is 7.34. The van der Waals surface area contributed by atoms with Crippen LogP contribution in [-0.2, 0) is 9.16 Å². The van der Waals surface area contributed by atoms with E-state index >= 15 is 0 Å². The number of ether oxygens (including phenoxy) is 1. The molecule has 3 nitrogen and oxygen atoms in total. The van der Waals surface area contributed by atoms with Gasteiger partial charge in [0.05, 0.1) is 12.7 Å². The maximum atomic E-state index is 9.27. The Balaban J connectivity index is 2.53. The van der Waals surface area contributed by atoms with Crippen LogP contribution in [0.25, 0.3) is 0 Å². The van der Waals surface area contributed by atoms with Gasteiger partial charge in [0.15, 0.2) is 0 Å². The van der Waals surface area contributed by atoms with E-state index in [1.165, 1.54) is 10.4 Å². The summed E-state index contributed by atoms with van der Waals surface area (Å²) in [5.41, 5.74) is 0. The van der Waals surface area contributed by atoms with Gasteiger partial charge < -0.3 is 14.3 Å². The Bertz CT molecular complexity index is 583. The van der Waals surface area contributed by atoms with Crippen molar-refractivity contribution in [1.29, 1.82) is 0 Å². The van der Waals surface area contributed by atoms with Crippen LogP contribution in [0.15, 0.2) is 60.7 Å². The first-order valence-electron chi connectivity index (χ1n) is 8.84. The maximum absolute atomic E-state index is 9.27. The molecule has 0 aliphatic heterocycles. The fourth-order valence-corrected chi connectivity index (χ4v) is 7.98. The lowest BCUT2D eigenvalue weighted by Gasteiger charge is -2.43. The molecule has 0 aliphatic rings. The van der Waals surface area contributed by atoms with Crippen LogP contribution in [0.2, 0.25) is 5.04 Å². The number of hydrogen-bond acceptors (Lipinski definition) is 3. The molecule has 2 aromatic carbocycles. The third kappa shape index (κ3) is 4.39. The quantitative estimate of drug-likeness (QED) is 0.738. The van der Waals surface area contributed by atoms with Crippen LogP contribution >= 0.6 is 0 Å². The molecule has 2 rings (SSSR count). The number of hydrogen-bond donors (Lipinski definition) is 1. The molecule has 0 aliphatic carbocycles. The van der Waals surface area contributed by atoms with Crippen LogP contribution in [0.1, 0.15) is 27.2 Å². The first-order valence-corrected chi connectivity index (χ1v) is 10.7. The van der Waals surface area contributed by atoms with E-state index in [1.807, 2.05) is 12.1 Å². The summed E-state index contributed by atoms with van der Waals surface area (Å²) in [7, 11) is -0.843. The monoisotopic (exact) mass is 358 g/mol. The molecule has 1 N–H and O–H groups in total. The predicted molar refractivity (Wildman–Crippen MR) is 106 cm³/mol. The van der Waals surface area contributed by atoms with E-state index in [0.29, 0.717) is 13.0 Å². The summed E-state index contributed by atoms with van der Waals surface area (Å²) in [4.78, 5) is 0. The fourth-order valence-electron chi connectivity index (χ4n) is 3.39. The predicted octanol–water partition coefficient (Wildman–Crippen LogP) is 2.96. The molecule has 1 unspecified atom stereocenters. The zero-order chi connectivity index (χ0) is 18.3. The maximum Gasteiger partial charge on any atom is 0.261 e. The highest BCUT2D eigenvalue weighted by Crippen LogP contribution is 2.36. The Morgan fingerprint density at radius 2 is 1.40 bits per heavy atom. The first kappa shape index (κ1) is 19.9. The summed E-state index contributed by atoms with van der Waals surface area (Å²) in [5.74, 6) is 0. The lowest BCUT2D eigenvalue weighted by molar-refractivity contribution is 0.0366. The number of rotatable bonds is 8. The Labute approximate surface area is 152 Å². The molecule has 0 amide bonds. The highest BCUT2D eigenvalue weighted by molar-refractivity contribution is 6.99. The lowest BCUT2D eigenvalue weighted by atomic mass is 10.2. The SMILES string of the molecule is COC(CCO)CO[Si](c1ccccc1)(c1ccccc1)C(C)(C)C. The van der Waals surface area contributed by atoms with E-state index in [9.17, 15) is 5.11 Å². The van der Waals surface area contributed by atoms with Crippen molar-refractivity contribution in [2.45, 2.75) is 38.3 Å². The molecular weight excluding hydrogens is 328 g/mol. The van der Waals surface area contributed by atoms with Gasteiger partial charge in [-0.1, -0.05) is 81.4 Å². The van der Waals surface area contributed by atoms with Gasteiger partial charge in [0.25, 0.3) is 8.32 Å². The zero-order valence-corrected chi connectivity index (χ0v) is 16.7. The van der Waals surface area contributed by atoms with Gasteiger partial charge in [-0.2, -0.15) is 0 Å². The number of aliphatic hydroxyl groups is 1. The van der Waals surface area contributed by atoms with Gasteiger partial charge in [0.2, 0.25) is 0 Å². The van der Waals surface area contributed by atoms with Crippen molar-refractivity contribution in [3.8, 4) is 0 Å². The molecule has 2 aromatic rings. The van der Waals surface area contributed by atoms with Crippen LogP contribution in [0, 0.1) is 0 Å². The molecule has 25 heavy (non-hydrogen) atoms. The first-order chi connectivity index (χ1) is 12.0. The number of benzene rings is 2. The molecule has 0 bridgehead atoms.